The van der Waals surface area contributed by atoms with Crippen LogP contribution in [0.2, 0.25) is 0 Å². The first kappa shape index (κ1) is 16.5. The topological polar surface area (TPSA) is 55.1 Å². The maximum Gasteiger partial charge on any atom is 0.416 e. The summed E-state index contributed by atoms with van der Waals surface area (Å²) in [6, 6.07) is 4.35. The van der Waals surface area contributed by atoms with E-state index < -0.39 is 23.3 Å². The van der Waals surface area contributed by atoms with E-state index in [0.29, 0.717) is 12.0 Å². The molecule has 0 radical (unpaired) electrons. The average molecular weight is 288 g/mol. The van der Waals surface area contributed by atoms with Gasteiger partial charge in [-0.25, -0.2) is 0 Å². The molecule has 6 heteroatoms. The minimum atomic E-state index is -4.40. The number of amides is 1. The molecular formula is C14H19F3N2O. The van der Waals surface area contributed by atoms with E-state index in [0.717, 1.165) is 12.1 Å². The van der Waals surface area contributed by atoms with Crippen molar-refractivity contribution in [3.63, 3.8) is 0 Å². The van der Waals surface area contributed by atoms with Gasteiger partial charge in [0.15, 0.2) is 0 Å². The molecule has 0 saturated carbocycles. The van der Waals surface area contributed by atoms with Crippen molar-refractivity contribution in [1.29, 1.82) is 0 Å². The van der Waals surface area contributed by atoms with Crippen molar-refractivity contribution in [2.75, 3.05) is 0 Å². The summed E-state index contributed by atoms with van der Waals surface area (Å²) in [4.78, 5) is 11.9. The van der Waals surface area contributed by atoms with E-state index in [9.17, 15) is 18.0 Å². The molecule has 112 valence electrons. The number of nitrogens with one attached hydrogen (secondary N) is 1. The number of nitrogens with two attached hydrogens (primary N) is 1. The van der Waals surface area contributed by atoms with E-state index in [4.69, 9.17) is 5.73 Å². The Hall–Kier alpha value is -1.56. The zero-order valence-electron chi connectivity index (χ0n) is 11.7. The molecule has 0 heterocycles. The molecule has 20 heavy (non-hydrogen) atoms. The van der Waals surface area contributed by atoms with Gasteiger partial charge in [0.1, 0.15) is 0 Å². The number of carbonyl (C=O) groups is 1. The molecular weight excluding hydrogens is 269 g/mol. The molecule has 3 N–H and O–H groups in total. The minimum Gasteiger partial charge on any atom is -0.348 e. The van der Waals surface area contributed by atoms with Crippen LogP contribution in [0.4, 0.5) is 13.2 Å². The summed E-state index contributed by atoms with van der Waals surface area (Å²) in [6.45, 7) is 4.98. The van der Waals surface area contributed by atoms with Crippen molar-refractivity contribution in [2.24, 2.45) is 5.73 Å². The molecule has 1 rings (SSSR count). The summed E-state index contributed by atoms with van der Waals surface area (Å²) in [7, 11) is 0. The lowest BCUT2D eigenvalue weighted by Crippen LogP contribution is -2.51. The standard InChI is InChI=1S/C14H19F3N2O/c1-4-13(3,18)12(20)19-9(2)10-6-5-7-11(8-10)14(15,16)17/h5-9H,4,18H2,1-3H3,(H,19,20). The Morgan fingerprint density at radius 3 is 2.50 bits per heavy atom. The highest BCUT2D eigenvalue weighted by atomic mass is 19.4. The number of rotatable bonds is 4. The maximum absolute atomic E-state index is 12.6. The third-order valence-electron chi connectivity index (χ3n) is 3.31. The predicted molar refractivity (Wildman–Crippen MR) is 70.9 cm³/mol. The number of benzene rings is 1. The molecule has 0 spiro atoms. The summed E-state index contributed by atoms with van der Waals surface area (Å²) in [6.07, 6.45) is -3.96. The predicted octanol–water partition coefficient (Wildman–Crippen LogP) is 3.01. The van der Waals surface area contributed by atoms with Crippen LogP contribution in [0.3, 0.4) is 0 Å². The summed E-state index contributed by atoms with van der Waals surface area (Å²) >= 11 is 0. The lowest BCUT2D eigenvalue weighted by molar-refractivity contribution is -0.137. The lowest BCUT2D eigenvalue weighted by atomic mass is 9.98. The molecule has 2 unspecified atom stereocenters. The van der Waals surface area contributed by atoms with Crippen molar-refractivity contribution in [1.82, 2.24) is 5.32 Å². The lowest BCUT2D eigenvalue weighted by Gasteiger charge is -2.25. The van der Waals surface area contributed by atoms with Gasteiger partial charge in [-0.05, 0) is 38.0 Å². The van der Waals surface area contributed by atoms with E-state index in [1.165, 1.54) is 6.07 Å². The van der Waals surface area contributed by atoms with E-state index in [1.807, 2.05) is 0 Å². The van der Waals surface area contributed by atoms with Gasteiger partial charge in [0.2, 0.25) is 5.91 Å². The zero-order valence-corrected chi connectivity index (χ0v) is 11.7. The van der Waals surface area contributed by atoms with Gasteiger partial charge in [-0.15, -0.1) is 0 Å². The van der Waals surface area contributed by atoms with Crippen LogP contribution >= 0.6 is 0 Å². The maximum atomic E-state index is 12.6. The molecule has 1 aromatic rings. The van der Waals surface area contributed by atoms with Gasteiger partial charge in [-0.3, -0.25) is 4.79 Å². The molecule has 0 aliphatic carbocycles. The first-order chi connectivity index (χ1) is 9.08. The van der Waals surface area contributed by atoms with Gasteiger partial charge >= 0.3 is 6.18 Å². The summed E-state index contributed by atoms with van der Waals surface area (Å²) < 4.78 is 37.9. The Balaban J connectivity index is 2.89. The first-order valence-electron chi connectivity index (χ1n) is 6.35. The number of hydrogen-bond acceptors (Lipinski definition) is 2. The van der Waals surface area contributed by atoms with E-state index in [1.54, 1.807) is 26.8 Å². The Morgan fingerprint density at radius 2 is 2.00 bits per heavy atom. The molecule has 1 aromatic carbocycles. The molecule has 2 atom stereocenters. The van der Waals surface area contributed by atoms with Crippen molar-refractivity contribution < 1.29 is 18.0 Å². The zero-order chi connectivity index (χ0) is 15.6. The smallest absolute Gasteiger partial charge is 0.348 e. The fourth-order valence-corrected chi connectivity index (χ4v) is 1.59. The normalized spacial score (nSPS) is 16.4. The number of carbonyl (C=O) groups excluding carboxylic acids is 1. The van der Waals surface area contributed by atoms with Crippen LogP contribution in [0.25, 0.3) is 0 Å². The Kier molecular flexibility index (Phi) is 4.81. The highest BCUT2D eigenvalue weighted by Gasteiger charge is 2.31. The molecule has 3 nitrogen and oxygen atoms in total. The van der Waals surface area contributed by atoms with Gasteiger partial charge in [-0.1, -0.05) is 19.1 Å². The molecule has 0 bridgehead atoms. The highest BCUT2D eigenvalue weighted by Crippen LogP contribution is 2.30. The van der Waals surface area contributed by atoms with Crippen molar-refractivity contribution in [3.8, 4) is 0 Å². The van der Waals surface area contributed by atoms with Crippen LogP contribution in [-0.4, -0.2) is 11.4 Å². The van der Waals surface area contributed by atoms with E-state index >= 15 is 0 Å². The molecule has 1 amide bonds. The molecule has 0 saturated heterocycles. The van der Waals surface area contributed by atoms with Crippen molar-refractivity contribution in [3.05, 3.63) is 35.4 Å². The number of hydrogen-bond donors (Lipinski definition) is 2. The third-order valence-corrected chi connectivity index (χ3v) is 3.31. The quantitative estimate of drug-likeness (QED) is 0.894. The summed E-state index contributed by atoms with van der Waals surface area (Å²) in [5.41, 5.74) is 4.42. The molecule has 0 aromatic heterocycles. The second-order valence-electron chi connectivity index (χ2n) is 5.09. The first-order valence-corrected chi connectivity index (χ1v) is 6.35. The molecule has 0 fully saturated rings. The van der Waals surface area contributed by atoms with Crippen LogP contribution < -0.4 is 11.1 Å². The molecule has 0 aliphatic heterocycles. The van der Waals surface area contributed by atoms with E-state index in [-0.39, 0.29) is 5.91 Å². The van der Waals surface area contributed by atoms with Gasteiger partial charge in [0.25, 0.3) is 0 Å². The van der Waals surface area contributed by atoms with Crippen molar-refractivity contribution >= 4 is 5.91 Å². The number of alkyl halides is 3. The summed E-state index contributed by atoms with van der Waals surface area (Å²) in [5.74, 6) is -0.384. The SMILES string of the molecule is CCC(C)(N)C(=O)NC(C)c1cccc(C(F)(F)F)c1. The molecule has 0 aliphatic rings. The van der Waals surface area contributed by atoms with Crippen LogP contribution in [-0.2, 0) is 11.0 Å². The third kappa shape index (κ3) is 3.96. The highest BCUT2D eigenvalue weighted by molar-refractivity contribution is 5.85. The second-order valence-corrected chi connectivity index (χ2v) is 5.09. The van der Waals surface area contributed by atoms with Gasteiger partial charge in [0.05, 0.1) is 17.1 Å². The van der Waals surface area contributed by atoms with Gasteiger partial charge < -0.3 is 11.1 Å². The van der Waals surface area contributed by atoms with Crippen molar-refractivity contribution in [2.45, 2.75) is 44.9 Å². The van der Waals surface area contributed by atoms with Gasteiger partial charge in [-0.2, -0.15) is 13.2 Å². The Labute approximate surface area is 116 Å². The van der Waals surface area contributed by atoms with Crippen LogP contribution in [0.15, 0.2) is 24.3 Å². The summed E-state index contributed by atoms with van der Waals surface area (Å²) in [5, 5.41) is 2.63. The Morgan fingerprint density at radius 1 is 1.40 bits per heavy atom. The number of halogens is 3. The fraction of sp³-hybridized carbons (Fsp3) is 0.500. The van der Waals surface area contributed by atoms with Gasteiger partial charge in [0, 0.05) is 0 Å². The fourth-order valence-electron chi connectivity index (χ4n) is 1.59. The van der Waals surface area contributed by atoms with Crippen LogP contribution in [0.5, 0.6) is 0 Å². The Bertz CT molecular complexity index is 484. The van der Waals surface area contributed by atoms with Crippen LogP contribution in [0, 0.1) is 0 Å². The largest absolute Gasteiger partial charge is 0.416 e. The second kappa shape index (κ2) is 5.83. The average Bonchev–Trinajstić information content (AvgIpc) is 2.37. The van der Waals surface area contributed by atoms with E-state index in [2.05, 4.69) is 5.32 Å². The van der Waals surface area contributed by atoms with Crippen LogP contribution in [0.1, 0.15) is 44.4 Å². The monoisotopic (exact) mass is 288 g/mol. The minimum absolute atomic E-state index is 0.384.